The summed E-state index contributed by atoms with van der Waals surface area (Å²) in [6.45, 7) is 4.37. The molecule has 1 rings (SSSR count). The Kier molecular flexibility index (Phi) is 6.48. The summed E-state index contributed by atoms with van der Waals surface area (Å²) in [6, 6.07) is 2.29. The van der Waals surface area contributed by atoms with Crippen LogP contribution in [0, 0.1) is 5.92 Å². The van der Waals surface area contributed by atoms with Crippen LogP contribution in [0.25, 0.3) is 6.08 Å². The van der Waals surface area contributed by atoms with Crippen molar-refractivity contribution in [3.05, 3.63) is 29.3 Å². The predicted octanol–water partition coefficient (Wildman–Crippen LogP) is 3.51. The Bertz CT molecular complexity index is 581. The highest BCUT2D eigenvalue weighted by Crippen LogP contribution is 2.42. The zero-order chi connectivity index (χ0) is 17.6. The molecule has 0 aliphatic rings. The van der Waals surface area contributed by atoms with Crippen LogP contribution < -0.4 is 14.8 Å². The fourth-order valence-corrected chi connectivity index (χ4v) is 1.83. The molecule has 0 saturated heterocycles. The first-order valence-corrected chi connectivity index (χ1v) is 6.98. The van der Waals surface area contributed by atoms with Gasteiger partial charge in [-0.2, -0.15) is 13.2 Å². The van der Waals surface area contributed by atoms with E-state index in [0.717, 1.165) is 13.2 Å². The number of methoxy groups -OCH3 is 2. The molecule has 0 heterocycles. The van der Waals surface area contributed by atoms with Crippen molar-refractivity contribution in [1.29, 1.82) is 0 Å². The fraction of sp³-hybridized carbons (Fsp3) is 0.438. The minimum atomic E-state index is -4.59. The van der Waals surface area contributed by atoms with Crippen LogP contribution in [0.15, 0.2) is 18.2 Å². The van der Waals surface area contributed by atoms with E-state index in [-0.39, 0.29) is 28.9 Å². The van der Waals surface area contributed by atoms with E-state index in [1.54, 1.807) is 0 Å². The molecule has 1 aromatic rings. The molecular weight excluding hydrogens is 311 g/mol. The summed E-state index contributed by atoms with van der Waals surface area (Å²) in [7, 11) is 2.39. The van der Waals surface area contributed by atoms with Gasteiger partial charge < -0.3 is 14.8 Å². The van der Waals surface area contributed by atoms with Gasteiger partial charge in [0.2, 0.25) is 5.91 Å². The predicted molar refractivity (Wildman–Crippen MR) is 81.4 cm³/mol. The highest BCUT2D eigenvalue weighted by atomic mass is 19.4. The van der Waals surface area contributed by atoms with Crippen LogP contribution in [0.4, 0.5) is 13.2 Å². The number of carbonyl (C=O) groups is 1. The van der Waals surface area contributed by atoms with Crippen molar-refractivity contribution in [2.45, 2.75) is 20.0 Å². The maximum Gasteiger partial charge on any atom is 0.420 e. The maximum atomic E-state index is 13.1. The smallest absolute Gasteiger partial charge is 0.420 e. The van der Waals surface area contributed by atoms with Crippen molar-refractivity contribution in [3.8, 4) is 11.5 Å². The zero-order valence-corrected chi connectivity index (χ0v) is 13.5. The third kappa shape index (κ3) is 5.50. The number of alkyl halides is 3. The Hall–Kier alpha value is -2.18. The second kappa shape index (κ2) is 7.89. The molecule has 0 aromatic heterocycles. The van der Waals surface area contributed by atoms with Gasteiger partial charge in [0.15, 0.2) is 11.5 Å². The Morgan fingerprint density at radius 1 is 1.26 bits per heavy atom. The van der Waals surface area contributed by atoms with E-state index in [1.165, 1.54) is 25.3 Å². The number of halogens is 3. The molecule has 1 amide bonds. The van der Waals surface area contributed by atoms with E-state index < -0.39 is 11.7 Å². The molecule has 0 aliphatic carbocycles. The van der Waals surface area contributed by atoms with Crippen molar-refractivity contribution in [1.82, 2.24) is 5.32 Å². The van der Waals surface area contributed by atoms with Gasteiger partial charge in [0.05, 0.1) is 14.2 Å². The highest BCUT2D eigenvalue weighted by molar-refractivity contribution is 5.91. The molecule has 1 aromatic carbocycles. The number of amides is 1. The third-order valence-electron chi connectivity index (χ3n) is 2.92. The summed E-state index contributed by atoms with van der Waals surface area (Å²) in [6.07, 6.45) is -2.11. The van der Waals surface area contributed by atoms with Crippen molar-refractivity contribution in [2.24, 2.45) is 5.92 Å². The first-order chi connectivity index (χ1) is 10.7. The molecule has 0 radical (unpaired) electrons. The minimum Gasteiger partial charge on any atom is -0.493 e. The SMILES string of the molecule is COc1cc(/C=C/C(=O)NCC(C)C)cc(C(F)(F)F)c1OC. The second-order valence-corrected chi connectivity index (χ2v) is 5.27. The molecule has 0 saturated carbocycles. The van der Waals surface area contributed by atoms with Crippen molar-refractivity contribution in [2.75, 3.05) is 20.8 Å². The topological polar surface area (TPSA) is 47.6 Å². The van der Waals surface area contributed by atoms with Gasteiger partial charge in [0, 0.05) is 12.6 Å². The Morgan fingerprint density at radius 3 is 2.39 bits per heavy atom. The number of hydrogen-bond donors (Lipinski definition) is 1. The average molecular weight is 331 g/mol. The van der Waals surface area contributed by atoms with Crippen molar-refractivity contribution >= 4 is 12.0 Å². The first kappa shape index (κ1) is 18.9. The third-order valence-corrected chi connectivity index (χ3v) is 2.92. The van der Waals surface area contributed by atoms with Gasteiger partial charge in [-0.1, -0.05) is 13.8 Å². The average Bonchev–Trinajstić information content (AvgIpc) is 2.48. The lowest BCUT2D eigenvalue weighted by atomic mass is 10.1. The van der Waals surface area contributed by atoms with Crippen molar-refractivity contribution < 1.29 is 27.4 Å². The molecule has 0 unspecified atom stereocenters. The van der Waals surface area contributed by atoms with Crippen molar-refractivity contribution in [3.63, 3.8) is 0 Å². The molecule has 128 valence electrons. The van der Waals surface area contributed by atoms with E-state index >= 15 is 0 Å². The number of rotatable bonds is 6. The number of benzene rings is 1. The zero-order valence-electron chi connectivity index (χ0n) is 13.5. The fourth-order valence-electron chi connectivity index (χ4n) is 1.83. The van der Waals surface area contributed by atoms with E-state index in [0.29, 0.717) is 6.54 Å². The number of hydrogen-bond acceptors (Lipinski definition) is 3. The van der Waals surface area contributed by atoms with Gasteiger partial charge in [-0.15, -0.1) is 0 Å². The molecule has 23 heavy (non-hydrogen) atoms. The van der Waals surface area contributed by atoms with Crippen LogP contribution in [-0.4, -0.2) is 26.7 Å². The molecular formula is C16H20F3NO3. The Morgan fingerprint density at radius 2 is 1.91 bits per heavy atom. The van der Waals surface area contributed by atoms with E-state index in [9.17, 15) is 18.0 Å². The monoisotopic (exact) mass is 331 g/mol. The van der Waals surface area contributed by atoms with Crippen LogP contribution in [0.3, 0.4) is 0 Å². The van der Waals surface area contributed by atoms with Crippen LogP contribution in [0.5, 0.6) is 11.5 Å². The highest BCUT2D eigenvalue weighted by Gasteiger charge is 2.36. The van der Waals surface area contributed by atoms with Gasteiger partial charge in [-0.3, -0.25) is 4.79 Å². The second-order valence-electron chi connectivity index (χ2n) is 5.27. The molecule has 4 nitrogen and oxygen atoms in total. The minimum absolute atomic E-state index is 0.0513. The van der Waals surface area contributed by atoms with Gasteiger partial charge in [-0.05, 0) is 29.7 Å². The summed E-state index contributed by atoms with van der Waals surface area (Å²) < 4.78 is 49.0. The van der Waals surface area contributed by atoms with Gasteiger partial charge >= 0.3 is 6.18 Å². The molecule has 0 spiro atoms. The number of nitrogens with one attached hydrogen (secondary N) is 1. The summed E-state index contributed by atoms with van der Waals surface area (Å²) in [5.41, 5.74) is -0.767. The van der Waals surface area contributed by atoms with Gasteiger partial charge in [-0.25, -0.2) is 0 Å². The summed E-state index contributed by atoms with van der Waals surface area (Å²) >= 11 is 0. The number of ether oxygens (including phenoxy) is 2. The lowest BCUT2D eigenvalue weighted by Crippen LogP contribution is -2.25. The maximum absolute atomic E-state index is 13.1. The van der Waals surface area contributed by atoms with Crippen LogP contribution in [0.1, 0.15) is 25.0 Å². The largest absolute Gasteiger partial charge is 0.493 e. The quantitative estimate of drug-likeness (QED) is 0.812. The van der Waals surface area contributed by atoms with Crippen LogP contribution in [-0.2, 0) is 11.0 Å². The summed E-state index contributed by atoms with van der Waals surface area (Å²) in [5, 5.41) is 2.64. The summed E-state index contributed by atoms with van der Waals surface area (Å²) in [5.74, 6) is -0.529. The molecule has 0 aliphatic heterocycles. The van der Waals surface area contributed by atoms with Crippen LogP contribution in [0.2, 0.25) is 0 Å². The molecule has 1 N–H and O–H groups in total. The first-order valence-electron chi connectivity index (χ1n) is 6.98. The van der Waals surface area contributed by atoms with E-state index in [1.807, 2.05) is 13.8 Å². The van der Waals surface area contributed by atoms with E-state index in [2.05, 4.69) is 5.32 Å². The molecule has 0 atom stereocenters. The standard InChI is InChI=1S/C16H20F3NO3/c1-10(2)9-20-14(21)6-5-11-7-12(16(17,18)19)15(23-4)13(8-11)22-3/h5-8,10H,9H2,1-4H3,(H,20,21)/b6-5+. The molecule has 0 fully saturated rings. The summed E-state index contributed by atoms with van der Waals surface area (Å²) in [4.78, 5) is 11.6. The Balaban J connectivity index is 3.11. The van der Waals surface area contributed by atoms with Gasteiger partial charge in [0.1, 0.15) is 5.56 Å². The Labute approximate surface area is 133 Å². The normalized spacial score (nSPS) is 11.8. The number of carbonyl (C=O) groups excluding carboxylic acids is 1. The van der Waals surface area contributed by atoms with E-state index in [4.69, 9.17) is 9.47 Å². The lowest BCUT2D eigenvalue weighted by molar-refractivity contribution is -0.138. The molecule has 7 heteroatoms. The van der Waals surface area contributed by atoms with Crippen LogP contribution >= 0.6 is 0 Å². The molecule has 0 bridgehead atoms. The van der Waals surface area contributed by atoms with Gasteiger partial charge in [0.25, 0.3) is 0 Å². The lowest BCUT2D eigenvalue weighted by Gasteiger charge is -2.16.